The van der Waals surface area contributed by atoms with Crippen LogP contribution in [-0.4, -0.2) is 5.12 Å². The molecule has 0 aliphatic carbocycles. The molecule has 0 nitrogen and oxygen atoms in total. The normalized spacial score (nSPS) is 8.33. The van der Waals surface area contributed by atoms with Gasteiger partial charge in [0, 0.05) is 6.42 Å². The molecule has 0 heterocycles. The highest BCUT2D eigenvalue weighted by Gasteiger charge is 1.84. The molecule has 0 saturated carbocycles. The first-order valence-electron chi connectivity index (χ1n) is 1.95. The van der Waals surface area contributed by atoms with Crippen molar-refractivity contribution in [2.75, 3.05) is 0 Å². The van der Waals surface area contributed by atoms with E-state index in [2.05, 4.69) is 12.2 Å². The van der Waals surface area contributed by atoms with Gasteiger partial charge in [0.25, 0.3) is 0 Å². The summed E-state index contributed by atoms with van der Waals surface area (Å²) in [6.45, 7) is 1.89. The maximum atomic E-state index is 11.4. The van der Waals surface area contributed by atoms with Gasteiger partial charge in [-0.1, -0.05) is 19.1 Å². The van der Waals surface area contributed by atoms with E-state index in [0.717, 1.165) is 6.42 Å². The highest BCUT2D eigenvalue weighted by Crippen LogP contribution is 1.90. The minimum Gasteiger partial charge on any atom is -0.199 e. The van der Waals surface area contributed by atoms with Crippen molar-refractivity contribution < 1.29 is 4.39 Å². The van der Waals surface area contributed by atoms with E-state index in [9.17, 15) is 4.39 Å². The molecule has 0 aromatic heterocycles. The van der Waals surface area contributed by atoms with Gasteiger partial charge in [-0.15, -0.1) is 0 Å². The van der Waals surface area contributed by atoms with Crippen molar-refractivity contribution in [3.63, 3.8) is 0 Å². The zero-order valence-corrected chi connectivity index (χ0v) is 4.52. The Morgan fingerprint density at radius 2 is 2.33 bits per heavy atom. The zero-order valence-electron chi connectivity index (χ0n) is 3.70. The van der Waals surface area contributed by atoms with Gasteiger partial charge in [0.15, 0.2) is 5.12 Å². The molecule has 0 N–H and O–H groups in total. The molecule has 0 atom stereocenters. The molecule has 0 radical (unpaired) electrons. The highest BCUT2D eigenvalue weighted by atomic mass is 32.1. The van der Waals surface area contributed by atoms with Crippen molar-refractivity contribution in [1.82, 2.24) is 0 Å². The standard InChI is InChI=1S/C4H7FS/c1-2-3-4(5)6/h2-3H2,1H3. The zero-order chi connectivity index (χ0) is 4.99. The second-order valence-corrected chi connectivity index (χ2v) is 1.55. The Morgan fingerprint density at radius 3 is 2.33 bits per heavy atom. The minimum atomic E-state index is -0.377. The van der Waals surface area contributed by atoms with Crippen LogP contribution in [0, 0.1) is 0 Å². The van der Waals surface area contributed by atoms with Crippen LogP contribution in [0.5, 0.6) is 0 Å². The van der Waals surface area contributed by atoms with Gasteiger partial charge in [-0.3, -0.25) is 0 Å². The number of hydrogen-bond donors (Lipinski definition) is 0. The van der Waals surface area contributed by atoms with E-state index in [0.29, 0.717) is 6.42 Å². The highest BCUT2D eigenvalue weighted by molar-refractivity contribution is 7.80. The molecule has 0 amide bonds. The van der Waals surface area contributed by atoms with Crippen LogP contribution in [0.25, 0.3) is 0 Å². The number of hydrogen-bond acceptors (Lipinski definition) is 1. The SMILES string of the molecule is CCCC(F)=S. The van der Waals surface area contributed by atoms with Crippen LogP contribution in [0.4, 0.5) is 4.39 Å². The van der Waals surface area contributed by atoms with Crippen molar-refractivity contribution in [2.24, 2.45) is 0 Å². The molecule has 0 spiro atoms. The van der Waals surface area contributed by atoms with Crippen molar-refractivity contribution in [2.45, 2.75) is 19.8 Å². The van der Waals surface area contributed by atoms with Gasteiger partial charge < -0.3 is 0 Å². The molecule has 0 aliphatic rings. The molecule has 0 bridgehead atoms. The smallest absolute Gasteiger partial charge is 0.162 e. The molecular formula is C4H7FS. The van der Waals surface area contributed by atoms with E-state index in [1.807, 2.05) is 6.92 Å². The third-order valence-electron chi connectivity index (χ3n) is 0.447. The number of thiocarbonyl (C=S) groups is 1. The third kappa shape index (κ3) is 4.02. The fraction of sp³-hybridized carbons (Fsp3) is 0.750. The Hall–Kier alpha value is 0.0200. The fourth-order valence-corrected chi connectivity index (χ4v) is 0.401. The summed E-state index contributed by atoms with van der Waals surface area (Å²) in [7, 11) is 0. The Kier molecular flexibility index (Phi) is 3.23. The lowest BCUT2D eigenvalue weighted by molar-refractivity contribution is 0.775. The molecule has 0 rings (SSSR count). The Balaban J connectivity index is 2.83. The summed E-state index contributed by atoms with van der Waals surface area (Å²) >= 11 is 4.13. The lowest BCUT2D eigenvalue weighted by Gasteiger charge is -1.80. The third-order valence-corrected chi connectivity index (χ3v) is 0.651. The van der Waals surface area contributed by atoms with Crippen LogP contribution in [0.2, 0.25) is 0 Å². The lowest BCUT2D eigenvalue weighted by atomic mass is 10.4. The average Bonchev–Trinajstić information content (AvgIpc) is 1.35. The van der Waals surface area contributed by atoms with Crippen molar-refractivity contribution >= 4 is 17.3 Å². The van der Waals surface area contributed by atoms with E-state index in [1.165, 1.54) is 0 Å². The van der Waals surface area contributed by atoms with Gasteiger partial charge in [-0.2, -0.15) is 4.39 Å². The number of rotatable bonds is 2. The molecule has 0 aliphatic heterocycles. The van der Waals surface area contributed by atoms with Crippen LogP contribution in [-0.2, 0) is 0 Å². The summed E-state index contributed by atoms with van der Waals surface area (Å²) in [5.74, 6) is 0. The minimum absolute atomic E-state index is 0.377. The van der Waals surface area contributed by atoms with Crippen molar-refractivity contribution in [1.29, 1.82) is 0 Å². The summed E-state index contributed by atoms with van der Waals surface area (Å²) in [6.07, 6.45) is 1.25. The van der Waals surface area contributed by atoms with Gasteiger partial charge in [0.1, 0.15) is 0 Å². The van der Waals surface area contributed by atoms with Gasteiger partial charge in [-0.25, -0.2) is 0 Å². The predicted octanol–water partition coefficient (Wildman–Crippen LogP) is 2.08. The summed E-state index contributed by atoms with van der Waals surface area (Å²) in [5, 5.41) is -0.377. The van der Waals surface area contributed by atoms with E-state index in [1.54, 1.807) is 0 Å². The molecule has 36 valence electrons. The molecule has 0 fully saturated rings. The fourth-order valence-electron chi connectivity index (χ4n) is 0.197. The van der Waals surface area contributed by atoms with Crippen LogP contribution >= 0.6 is 12.2 Å². The largest absolute Gasteiger partial charge is 0.199 e. The quantitative estimate of drug-likeness (QED) is 0.383. The van der Waals surface area contributed by atoms with Crippen molar-refractivity contribution in [3.05, 3.63) is 0 Å². The van der Waals surface area contributed by atoms with E-state index in [4.69, 9.17) is 0 Å². The van der Waals surface area contributed by atoms with Crippen LogP contribution in [0.1, 0.15) is 19.8 Å². The maximum absolute atomic E-state index is 11.4. The molecule has 0 saturated heterocycles. The molecular weight excluding hydrogens is 99.1 g/mol. The molecule has 0 aromatic carbocycles. The summed E-state index contributed by atoms with van der Waals surface area (Å²) in [5.41, 5.74) is 0. The molecule has 2 heteroatoms. The molecule has 0 unspecified atom stereocenters. The first-order chi connectivity index (χ1) is 2.77. The summed E-state index contributed by atoms with van der Waals surface area (Å²) in [4.78, 5) is 0. The topological polar surface area (TPSA) is 0 Å². The van der Waals surface area contributed by atoms with E-state index < -0.39 is 0 Å². The van der Waals surface area contributed by atoms with Crippen LogP contribution in [0.15, 0.2) is 0 Å². The first-order valence-corrected chi connectivity index (χ1v) is 2.36. The van der Waals surface area contributed by atoms with Gasteiger partial charge >= 0.3 is 0 Å². The molecule has 0 aromatic rings. The first kappa shape index (κ1) is 6.02. The summed E-state index contributed by atoms with van der Waals surface area (Å²) in [6, 6.07) is 0. The van der Waals surface area contributed by atoms with Gasteiger partial charge in [0.05, 0.1) is 0 Å². The Morgan fingerprint density at radius 1 is 1.83 bits per heavy atom. The Bertz CT molecular complexity index is 51.5. The second kappa shape index (κ2) is 3.22. The monoisotopic (exact) mass is 106 g/mol. The van der Waals surface area contributed by atoms with E-state index >= 15 is 0 Å². The van der Waals surface area contributed by atoms with Gasteiger partial charge in [0.2, 0.25) is 0 Å². The summed E-state index contributed by atoms with van der Waals surface area (Å²) < 4.78 is 11.4. The number of halogens is 1. The van der Waals surface area contributed by atoms with Crippen LogP contribution in [0.3, 0.4) is 0 Å². The van der Waals surface area contributed by atoms with Crippen molar-refractivity contribution in [3.8, 4) is 0 Å². The average molecular weight is 106 g/mol. The molecule has 6 heavy (non-hydrogen) atoms. The second-order valence-electron chi connectivity index (χ2n) is 1.11. The Labute approximate surface area is 42.4 Å². The van der Waals surface area contributed by atoms with Crippen LogP contribution < -0.4 is 0 Å². The maximum Gasteiger partial charge on any atom is 0.162 e. The van der Waals surface area contributed by atoms with Gasteiger partial charge in [-0.05, 0) is 6.42 Å². The predicted molar refractivity (Wildman–Crippen MR) is 28.6 cm³/mol. The van der Waals surface area contributed by atoms with E-state index in [-0.39, 0.29) is 5.12 Å². The lowest BCUT2D eigenvalue weighted by Crippen LogP contribution is -1.77.